The first kappa shape index (κ1) is 14.6. The van der Waals surface area contributed by atoms with Gasteiger partial charge in [0.2, 0.25) is 4.73 Å². The minimum absolute atomic E-state index is 0.0139. The Balaban J connectivity index is 2.46. The highest BCUT2D eigenvalue weighted by atomic mass is 79.9. The van der Waals surface area contributed by atoms with E-state index >= 15 is 0 Å². The Labute approximate surface area is 118 Å². The van der Waals surface area contributed by atoms with Gasteiger partial charge < -0.3 is 9.47 Å². The number of carbonyl (C=O) groups is 1. The molecule has 0 aliphatic carbocycles. The number of aromatic nitrogens is 3. The molecule has 10 heteroatoms. The lowest BCUT2D eigenvalue weighted by molar-refractivity contribution is -0.153. The largest absolute Gasteiger partial charge is 0.480 e. The van der Waals surface area contributed by atoms with Crippen molar-refractivity contribution in [3.05, 3.63) is 22.6 Å². The molecule has 0 saturated heterocycles. The van der Waals surface area contributed by atoms with E-state index in [0.29, 0.717) is 0 Å². The molecule has 0 spiro atoms. The molecule has 2 aromatic rings. The van der Waals surface area contributed by atoms with Crippen molar-refractivity contribution in [3.8, 4) is 5.75 Å². The average molecular weight is 354 g/mol. The lowest BCUT2D eigenvalue weighted by Gasteiger charge is -2.10. The van der Waals surface area contributed by atoms with E-state index in [9.17, 15) is 18.0 Å². The van der Waals surface area contributed by atoms with Crippen molar-refractivity contribution < 1.29 is 27.4 Å². The van der Waals surface area contributed by atoms with E-state index in [1.54, 1.807) is 0 Å². The molecule has 0 amide bonds. The molecule has 0 saturated carbocycles. The van der Waals surface area contributed by atoms with Crippen molar-refractivity contribution in [1.29, 1.82) is 0 Å². The Morgan fingerprint density at radius 2 is 2.15 bits per heavy atom. The molecule has 0 fully saturated rings. The Kier molecular flexibility index (Phi) is 3.84. The van der Waals surface area contributed by atoms with Crippen LogP contribution >= 0.6 is 15.9 Å². The number of methoxy groups -OCH3 is 1. The normalized spacial score (nSPS) is 11.7. The van der Waals surface area contributed by atoms with Crippen molar-refractivity contribution in [1.82, 2.24) is 14.6 Å². The molecular weight excluding hydrogens is 347 g/mol. The smallest absolute Gasteiger partial charge is 0.422 e. The number of carbonyl (C=O) groups excluding carboxylic acids is 1. The fraction of sp³-hybridized carbons (Fsp3) is 0.300. The third kappa shape index (κ3) is 3.00. The zero-order valence-corrected chi connectivity index (χ0v) is 11.5. The number of hydrogen-bond acceptors (Lipinski definition) is 5. The maximum atomic E-state index is 12.2. The van der Waals surface area contributed by atoms with Crippen LogP contribution < -0.4 is 4.74 Å². The quantitative estimate of drug-likeness (QED) is 0.791. The van der Waals surface area contributed by atoms with Crippen molar-refractivity contribution in [2.75, 3.05) is 13.7 Å². The van der Waals surface area contributed by atoms with Crippen LogP contribution in [-0.2, 0) is 4.74 Å². The Hall–Kier alpha value is -1.84. The molecule has 0 unspecified atom stereocenters. The van der Waals surface area contributed by atoms with Crippen molar-refractivity contribution in [2.24, 2.45) is 0 Å². The maximum Gasteiger partial charge on any atom is 0.422 e. The number of pyridine rings is 1. The molecule has 2 heterocycles. The third-order valence-corrected chi connectivity index (χ3v) is 2.54. The van der Waals surface area contributed by atoms with E-state index < -0.39 is 18.8 Å². The minimum Gasteiger partial charge on any atom is -0.480 e. The van der Waals surface area contributed by atoms with Gasteiger partial charge in [0.1, 0.15) is 0 Å². The average Bonchev–Trinajstić information content (AvgIpc) is 2.75. The number of esters is 1. The Morgan fingerprint density at radius 3 is 2.75 bits per heavy atom. The zero-order chi connectivity index (χ0) is 14.9. The van der Waals surface area contributed by atoms with Gasteiger partial charge in [-0.05, 0) is 28.1 Å². The molecule has 6 nitrogen and oxygen atoms in total. The van der Waals surface area contributed by atoms with E-state index in [-0.39, 0.29) is 21.8 Å². The van der Waals surface area contributed by atoms with Crippen LogP contribution in [0.25, 0.3) is 5.65 Å². The molecule has 2 rings (SSSR count). The highest BCUT2D eigenvalue weighted by Crippen LogP contribution is 2.24. The summed E-state index contributed by atoms with van der Waals surface area (Å²) in [6.07, 6.45) is -4.48. The lowest BCUT2D eigenvalue weighted by Crippen LogP contribution is -2.20. The monoisotopic (exact) mass is 353 g/mol. The van der Waals surface area contributed by atoms with Gasteiger partial charge in [-0.2, -0.15) is 18.2 Å². The molecule has 0 N–H and O–H groups in total. The minimum atomic E-state index is -4.48. The lowest BCUT2D eigenvalue weighted by atomic mass is 10.3. The van der Waals surface area contributed by atoms with E-state index in [2.05, 4.69) is 35.5 Å². The molecule has 20 heavy (non-hydrogen) atoms. The summed E-state index contributed by atoms with van der Waals surface area (Å²) in [5, 5.41) is 3.85. The summed E-state index contributed by atoms with van der Waals surface area (Å²) in [5.41, 5.74) is -0.0101. The molecular formula is C10H7BrF3N3O3. The second-order valence-electron chi connectivity index (χ2n) is 3.59. The molecule has 0 bridgehead atoms. The summed E-state index contributed by atoms with van der Waals surface area (Å²) in [7, 11) is 1.17. The van der Waals surface area contributed by atoms with Gasteiger partial charge in [-0.15, -0.1) is 5.10 Å². The van der Waals surface area contributed by atoms with Crippen LogP contribution in [0.4, 0.5) is 13.2 Å². The van der Waals surface area contributed by atoms with Crippen LogP contribution in [0.15, 0.2) is 16.9 Å². The third-order valence-electron chi connectivity index (χ3n) is 2.21. The Morgan fingerprint density at radius 1 is 1.45 bits per heavy atom. The van der Waals surface area contributed by atoms with Gasteiger partial charge in [0.05, 0.1) is 7.11 Å². The molecule has 2 aromatic heterocycles. The van der Waals surface area contributed by atoms with Crippen LogP contribution in [0.2, 0.25) is 0 Å². The topological polar surface area (TPSA) is 65.7 Å². The van der Waals surface area contributed by atoms with Gasteiger partial charge in [0.15, 0.2) is 23.7 Å². The van der Waals surface area contributed by atoms with Gasteiger partial charge in [-0.25, -0.2) is 9.31 Å². The number of alkyl halides is 3. The predicted molar refractivity (Wildman–Crippen MR) is 63.6 cm³/mol. The maximum absolute atomic E-state index is 12.2. The highest BCUT2D eigenvalue weighted by molar-refractivity contribution is 9.10. The van der Waals surface area contributed by atoms with Crippen LogP contribution in [-0.4, -0.2) is 40.5 Å². The van der Waals surface area contributed by atoms with E-state index in [1.165, 1.54) is 19.2 Å². The first-order valence-corrected chi connectivity index (χ1v) is 5.94. The standard InChI is InChI=1S/C10H7BrF3N3O3/c1-19-8(18)5-2-3-6(20-4-10(12,13)14)7-15-9(11)16-17(5)7/h2-3H,4H2,1H3. The van der Waals surface area contributed by atoms with Crippen LogP contribution in [0.5, 0.6) is 5.75 Å². The molecule has 0 atom stereocenters. The van der Waals surface area contributed by atoms with Crippen LogP contribution in [0, 0.1) is 0 Å². The second-order valence-corrected chi connectivity index (χ2v) is 4.30. The van der Waals surface area contributed by atoms with E-state index in [4.69, 9.17) is 0 Å². The number of rotatable bonds is 3. The molecule has 0 radical (unpaired) electrons. The summed E-state index contributed by atoms with van der Waals surface area (Å²) >= 11 is 2.98. The first-order valence-electron chi connectivity index (χ1n) is 5.15. The molecule has 0 aliphatic rings. The van der Waals surface area contributed by atoms with Gasteiger partial charge >= 0.3 is 12.1 Å². The summed E-state index contributed by atoms with van der Waals surface area (Å²) < 4.78 is 46.8. The summed E-state index contributed by atoms with van der Waals surface area (Å²) in [4.78, 5) is 15.4. The zero-order valence-electron chi connectivity index (χ0n) is 9.94. The van der Waals surface area contributed by atoms with Gasteiger partial charge in [-0.1, -0.05) is 0 Å². The number of nitrogens with zero attached hydrogens (tertiary/aromatic N) is 3. The summed E-state index contributed by atoms with van der Waals surface area (Å²) in [5.74, 6) is -0.844. The molecule has 0 aromatic carbocycles. The fourth-order valence-corrected chi connectivity index (χ4v) is 1.77. The van der Waals surface area contributed by atoms with Crippen molar-refractivity contribution >= 4 is 27.5 Å². The Bertz CT molecular complexity index is 656. The first-order chi connectivity index (χ1) is 9.31. The predicted octanol–water partition coefficient (Wildman–Crippen LogP) is 2.22. The van der Waals surface area contributed by atoms with Gasteiger partial charge in [0.25, 0.3) is 0 Å². The highest BCUT2D eigenvalue weighted by Gasteiger charge is 2.29. The molecule has 108 valence electrons. The van der Waals surface area contributed by atoms with E-state index in [0.717, 1.165) is 4.52 Å². The van der Waals surface area contributed by atoms with Crippen molar-refractivity contribution in [2.45, 2.75) is 6.18 Å². The van der Waals surface area contributed by atoms with Gasteiger partial charge in [0, 0.05) is 0 Å². The number of halogens is 4. The van der Waals surface area contributed by atoms with Crippen molar-refractivity contribution in [3.63, 3.8) is 0 Å². The van der Waals surface area contributed by atoms with Crippen LogP contribution in [0.1, 0.15) is 10.5 Å². The SMILES string of the molecule is COC(=O)c1ccc(OCC(F)(F)F)c2nc(Br)nn12. The number of hydrogen-bond donors (Lipinski definition) is 0. The number of fused-ring (bicyclic) bond motifs is 1. The second kappa shape index (κ2) is 5.27. The van der Waals surface area contributed by atoms with E-state index in [1.807, 2.05) is 0 Å². The summed E-state index contributed by atoms with van der Waals surface area (Å²) in [6, 6.07) is 2.44. The fourth-order valence-electron chi connectivity index (χ4n) is 1.45. The number of ether oxygens (including phenoxy) is 2. The summed E-state index contributed by atoms with van der Waals surface area (Å²) in [6.45, 7) is -1.47. The van der Waals surface area contributed by atoms with Crippen LogP contribution in [0.3, 0.4) is 0 Å². The van der Waals surface area contributed by atoms with Gasteiger partial charge in [-0.3, -0.25) is 0 Å². The molecule has 0 aliphatic heterocycles.